The molecule has 10 heteroatoms. The molecule has 0 aliphatic carbocycles. The lowest BCUT2D eigenvalue weighted by atomic mass is 10.2. The Morgan fingerprint density at radius 1 is 1.00 bits per heavy atom. The number of halogens is 2. The second-order valence-electron chi connectivity index (χ2n) is 7.53. The molecule has 7 nitrogen and oxygen atoms in total. The number of benzene rings is 2. The molecule has 0 atom stereocenters. The summed E-state index contributed by atoms with van der Waals surface area (Å²) in [7, 11) is 0. The normalized spacial score (nSPS) is 11.2. The number of hydrogen-bond acceptors (Lipinski definition) is 6. The van der Waals surface area contributed by atoms with E-state index in [1.807, 2.05) is 24.3 Å². The highest BCUT2D eigenvalue weighted by atomic mass is 35.5. The van der Waals surface area contributed by atoms with Gasteiger partial charge in [-0.25, -0.2) is 4.98 Å². The van der Waals surface area contributed by atoms with E-state index in [0.717, 1.165) is 5.56 Å². The third-order valence-electron chi connectivity index (χ3n) is 4.99. The van der Waals surface area contributed by atoms with Gasteiger partial charge in [-0.05, 0) is 79.0 Å². The summed E-state index contributed by atoms with van der Waals surface area (Å²) in [4.78, 5) is 20.9. The number of thiocarbonyl (C=S) groups is 1. The van der Waals surface area contributed by atoms with Crippen LogP contribution in [0.4, 0.5) is 5.69 Å². The fraction of sp³-hybridized carbons (Fsp3) is 0. The third-order valence-corrected chi connectivity index (χ3v) is 5.74. The number of carbonyl (C=O) groups excluding carboxylic acids is 1. The van der Waals surface area contributed by atoms with E-state index in [4.69, 9.17) is 44.3 Å². The predicted octanol–water partition coefficient (Wildman–Crippen LogP) is 6.98. The first-order chi connectivity index (χ1) is 17.4. The standard InChI is InChI=1S/C26H16Cl2N4O3S/c27-16-6-9-19(20(28)14-16)21-10-7-18(34-21)8-11-23(33)31-26(36)30-17-4-1-3-15(13-17)25-32-24-22(35-25)5-2-12-29-24/h1-14H,(H2,30,31,33,36)/b11-8+. The molecule has 0 fully saturated rings. The van der Waals surface area contributed by atoms with Crippen LogP contribution in [-0.4, -0.2) is 21.0 Å². The molecule has 3 heterocycles. The molecule has 0 saturated heterocycles. The second kappa shape index (κ2) is 10.3. The first-order valence-electron chi connectivity index (χ1n) is 10.6. The zero-order valence-electron chi connectivity index (χ0n) is 18.4. The van der Waals surface area contributed by atoms with Crippen LogP contribution in [-0.2, 0) is 4.79 Å². The van der Waals surface area contributed by atoms with Gasteiger partial charge >= 0.3 is 0 Å². The maximum atomic E-state index is 12.3. The number of anilines is 1. The van der Waals surface area contributed by atoms with Gasteiger partial charge in [-0.15, -0.1) is 0 Å². The molecule has 0 radical (unpaired) electrons. The fourth-order valence-corrected chi connectivity index (χ4v) is 4.09. The summed E-state index contributed by atoms with van der Waals surface area (Å²) in [6, 6.07) is 19.5. The number of nitrogens with zero attached hydrogens (tertiary/aromatic N) is 2. The molecule has 36 heavy (non-hydrogen) atoms. The van der Waals surface area contributed by atoms with Crippen LogP contribution < -0.4 is 10.6 Å². The van der Waals surface area contributed by atoms with Gasteiger partial charge in [-0.2, -0.15) is 4.98 Å². The molecule has 178 valence electrons. The van der Waals surface area contributed by atoms with E-state index < -0.39 is 5.91 Å². The number of oxazole rings is 1. The highest BCUT2D eigenvalue weighted by molar-refractivity contribution is 7.80. The van der Waals surface area contributed by atoms with Crippen molar-refractivity contribution < 1.29 is 13.6 Å². The van der Waals surface area contributed by atoms with Gasteiger partial charge in [0.25, 0.3) is 0 Å². The van der Waals surface area contributed by atoms with E-state index in [-0.39, 0.29) is 5.11 Å². The number of pyridine rings is 1. The van der Waals surface area contributed by atoms with Crippen LogP contribution in [0.25, 0.3) is 40.1 Å². The lowest BCUT2D eigenvalue weighted by Gasteiger charge is -2.08. The van der Waals surface area contributed by atoms with Gasteiger partial charge in [0, 0.05) is 34.1 Å². The van der Waals surface area contributed by atoms with Crippen LogP contribution in [0.5, 0.6) is 0 Å². The molecule has 1 amide bonds. The smallest absolute Gasteiger partial charge is 0.250 e. The summed E-state index contributed by atoms with van der Waals surface area (Å²) in [5, 5.41) is 6.72. The van der Waals surface area contributed by atoms with Crippen molar-refractivity contribution in [3.05, 3.63) is 94.8 Å². The van der Waals surface area contributed by atoms with Crippen molar-refractivity contribution in [1.29, 1.82) is 0 Å². The van der Waals surface area contributed by atoms with E-state index in [1.165, 1.54) is 12.2 Å². The predicted molar refractivity (Wildman–Crippen MR) is 145 cm³/mol. The van der Waals surface area contributed by atoms with Crippen molar-refractivity contribution in [3.63, 3.8) is 0 Å². The van der Waals surface area contributed by atoms with Gasteiger partial charge < -0.3 is 14.2 Å². The van der Waals surface area contributed by atoms with E-state index in [9.17, 15) is 4.79 Å². The summed E-state index contributed by atoms with van der Waals surface area (Å²) in [6.07, 6.45) is 4.51. The topological polar surface area (TPSA) is 93.2 Å². The largest absolute Gasteiger partial charge is 0.457 e. The lowest BCUT2D eigenvalue weighted by Crippen LogP contribution is -2.32. The average Bonchev–Trinajstić information content (AvgIpc) is 3.50. The molecular formula is C26H16Cl2N4O3S. The summed E-state index contributed by atoms with van der Waals surface area (Å²) in [5.74, 6) is 1.05. The highest BCUT2D eigenvalue weighted by Crippen LogP contribution is 2.31. The first-order valence-corrected chi connectivity index (χ1v) is 11.8. The minimum atomic E-state index is -0.420. The minimum Gasteiger partial charge on any atom is -0.457 e. The molecule has 2 aromatic carbocycles. The Bertz CT molecular complexity index is 1590. The molecule has 2 N–H and O–H groups in total. The number of fused-ring (bicyclic) bond motifs is 1. The summed E-state index contributed by atoms with van der Waals surface area (Å²) < 4.78 is 11.5. The Morgan fingerprint density at radius 2 is 1.89 bits per heavy atom. The SMILES string of the molecule is O=C(/C=C/c1ccc(-c2ccc(Cl)cc2Cl)o1)NC(=S)Nc1cccc(-c2nc3ncccc3o2)c1. The van der Waals surface area contributed by atoms with Crippen molar-refractivity contribution in [3.8, 4) is 22.8 Å². The average molecular weight is 535 g/mol. The Balaban J connectivity index is 1.20. The number of nitrogens with one attached hydrogen (secondary N) is 2. The molecule has 0 aliphatic heterocycles. The van der Waals surface area contributed by atoms with Gasteiger partial charge in [-0.1, -0.05) is 29.3 Å². The fourth-order valence-electron chi connectivity index (χ4n) is 3.37. The van der Waals surface area contributed by atoms with Crippen LogP contribution in [0.15, 0.2) is 87.8 Å². The molecule has 0 saturated carbocycles. The summed E-state index contributed by atoms with van der Waals surface area (Å²) in [6.45, 7) is 0. The minimum absolute atomic E-state index is 0.133. The van der Waals surface area contributed by atoms with Crippen LogP contribution in [0.3, 0.4) is 0 Å². The first kappa shape index (κ1) is 23.7. The Labute approximate surface area is 220 Å². The molecule has 0 bridgehead atoms. The number of carbonyl (C=O) groups is 1. The van der Waals surface area contributed by atoms with Gasteiger partial charge in [0.2, 0.25) is 11.8 Å². The van der Waals surface area contributed by atoms with Crippen LogP contribution in [0.2, 0.25) is 10.0 Å². The van der Waals surface area contributed by atoms with Crippen molar-refractivity contribution >= 4 is 69.4 Å². The maximum Gasteiger partial charge on any atom is 0.250 e. The second-order valence-corrected chi connectivity index (χ2v) is 8.78. The summed E-state index contributed by atoms with van der Waals surface area (Å²) >= 11 is 17.4. The number of hydrogen-bond donors (Lipinski definition) is 2. The zero-order valence-corrected chi connectivity index (χ0v) is 20.7. The van der Waals surface area contributed by atoms with Crippen LogP contribution in [0, 0.1) is 0 Å². The molecule has 0 aliphatic rings. The number of amides is 1. The molecular weight excluding hydrogens is 519 g/mol. The Hall–Kier alpha value is -3.98. The monoisotopic (exact) mass is 534 g/mol. The quantitative estimate of drug-likeness (QED) is 0.185. The Kier molecular flexibility index (Phi) is 6.81. The molecule has 0 unspecified atom stereocenters. The highest BCUT2D eigenvalue weighted by Gasteiger charge is 2.11. The van der Waals surface area contributed by atoms with Gasteiger partial charge in [0.15, 0.2) is 16.3 Å². The van der Waals surface area contributed by atoms with E-state index in [1.54, 1.807) is 48.7 Å². The number of aromatic nitrogens is 2. The van der Waals surface area contributed by atoms with Gasteiger partial charge in [-0.3, -0.25) is 10.1 Å². The van der Waals surface area contributed by atoms with Gasteiger partial charge in [0.1, 0.15) is 11.5 Å². The molecule has 5 aromatic rings. The Morgan fingerprint density at radius 3 is 2.72 bits per heavy atom. The van der Waals surface area contributed by atoms with Crippen molar-refractivity contribution in [2.45, 2.75) is 0 Å². The lowest BCUT2D eigenvalue weighted by molar-refractivity contribution is -0.115. The van der Waals surface area contributed by atoms with E-state index in [0.29, 0.717) is 49.9 Å². The van der Waals surface area contributed by atoms with Crippen molar-refractivity contribution in [2.75, 3.05) is 5.32 Å². The maximum absolute atomic E-state index is 12.3. The zero-order chi connectivity index (χ0) is 25.1. The van der Waals surface area contributed by atoms with Crippen LogP contribution >= 0.6 is 35.4 Å². The van der Waals surface area contributed by atoms with E-state index >= 15 is 0 Å². The third kappa shape index (κ3) is 5.46. The van der Waals surface area contributed by atoms with Crippen LogP contribution in [0.1, 0.15) is 5.76 Å². The van der Waals surface area contributed by atoms with Gasteiger partial charge in [0.05, 0.1) is 5.02 Å². The molecule has 0 spiro atoms. The summed E-state index contributed by atoms with van der Waals surface area (Å²) in [5.41, 5.74) is 3.22. The van der Waals surface area contributed by atoms with Crippen molar-refractivity contribution in [2.24, 2.45) is 0 Å². The van der Waals surface area contributed by atoms with Crippen molar-refractivity contribution in [1.82, 2.24) is 15.3 Å². The molecule has 5 rings (SSSR count). The molecule has 3 aromatic heterocycles. The van der Waals surface area contributed by atoms with E-state index in [2.05, 4.69) is 20.6 Å². The number of furan rings is 1. The number of rotatable bonds is 5.